The van der Waals surface area contributed by atoms with E-state index in [1.165, 1.54) is 24.3 Å². The summed E-state index contributed by atoms with van der Waals surface area (Å²) < 4.78 is 24.7. The molecule has 148 valence electrons. The van der Waals surface area contributed by atoms with Gasteiger partial charge in [0.1, 0.15) is 5.82 Å². The van der Waals surface area contributed by atoms with E-state index in [4.69, 9.17) is 9.47 Å². The molecule has 1 amide bonds. The molecule has 0 spiro atoms. The highest BCUT2D eigenvalue weighted by Gasteiger charge is 2.22. The topological polar surface area (TPSA) is 64.6 Å². The summed E-state index contributed by atoms with van der Waals surface area (Å²) in [5, 5.41) is 2.61. The van der Waals surface area contributed by atoms with Crippen molar-refractivity contribution in [1.29, 1.82) is 0 Å². The third kappa shape index (κ3) is 5.19. The molecule has 0 unspecified atom stereocenters. The highest BCUT2D eigenvalue weighted by atomic mass is 19.1. The fourth-order valence-electron chi connectivity index (χ4n) is 2.64. The molecule has 0 fully saturated rings. The number of hydrogen-bond donors (Lipinski definition) is 1. The molecule has 0 aromatic heterocycles. The summed E-state index contributed by atoms with van der Waals surface area (Å²) in [7, 11) is 0. The van der Waals surface area contributed by atoms with E-state index < -0.39 is 17.7 Å². The Labute approximate surface area is 168 Å². The number of para-hydroxylation sites is 1. The number of nitrogens with one attached hydrogen (secondary N) is 1. The van der Waals surface area contributed by atoms with Gasteiger partial charge in [-0.25, -0.2) is 9.18 Å². The van der Waals surface area contributed by atoms with E-state index in [2.05, 4.69) is 5.32 Å². The molecule has 3 rings (SSSR count). The van der Waals surface area contributed by atoms with Crippen LogP contribution in [0.2, 0.25) is 0 Å². The minimum absolute atomic E-state index is 0.00366. The maximum atomic E-state index is 13.4. The molecule has 0 aliphatic carbocycles. The summed E-state index contributed by atoms with van der Waals surface area (Å²) in [4.78, 5) is 25.4. The molecule has 0 saturated carbocycles. The van der Waals surface area contributed by atoms with Crippen LogP contribution in [0.4, 0.5) is 10.1 Å². The molecule has 6 heteroatoms. The third-order valence-electron chi connectivity index (χ3n) is 3.87. The number of ether oxygens (including phenoxy) is 2. The van der Waals surface area contributed by atoms with Gasteiger partial charge >= 0.3 is 5.97 Å². The minimum Gasteiger partial charge on any atom is -0.487 e. The van der Waals surface area contributed by atoms with Gasteiger partial charge in [-0.3, -0.25) is 4.79 Å². The smallest absolute Gasteiger partial charge is 0.343 e. The zero-order valence-corrected chi connectivity index (χ0v) is 16.0. The van der Waals surface area contributed by atoms with E-state index in [0.717, 1.165) is 0 Å². The molecule has 5 nitrogen and oxygen atoms in total. The van der Waals surface area contributed by atoms with E-state index in [1.807, 2.05) is 13.8 Å². The molecule has 0 aliphatic heterocycles. The van der Waals surface area contributed by atoms with Gasteiger partial charge in [0.05, 0.1) is 17.2 Å². The number of carbonyl (C=O) groups is 2. The molecule has 3 aromatic rings. The molecule has 0 saturated heterocycles. The van der Waals surface area contributed by atoms with Crippen LogP contribution in [0.1, 0.15) is 34.6 Å². The Morgan fingerprint density at radius 1 is 0.931 bits per heavy atom. The van der Waals surface area contributed by atoms with Crippen LogP contribution in [0.25, 0.3) is 0 Å². The lowest BCUT2D eigenvalue weighted by molar-refractivity contribution is 0.0723. The van der Waals surface area contributed by atoms with Crippen LogP contribution in [0.5, 0.6) is 11.5 Å². The lowest BCUT2D eigenvalue weighted by Gasteiger charge is -2.17. The van der Waals surface area contributed by atoms with Crippen LogP contribution < -0.4 is 14.8 Å². The zero-order valence-electron chi connectivity index (χ0n) is 16.0. The van der Waals surface area contributed by atoms with Gasteiger partial charge in [0.15, 0.2) is 11.5 Å². The first-order chi connectivity index (χ1) is 13.9. The van der Waals surface area contributed by atoms with Crippen molar-refractivity contribution in [2.45, 2.75) is 20.0 Å². The van der Waals surface area contributed by atoms with Crippen molar-refractivity contribution in [3.05, 3.63) is 89.7 Å². The Hall–Kier alpha value is -3.67. The molecule has 0 aliphatic rings. The van der Waals surface area contributed by atoms with Gasteiger partial charge in [-0.1, -0.05) is 30.3 Å². The van der Waals surface area contributed by atoms with E-state index in [1.54, 1.807) is 48.5 Å². The number of rotatable bonds is 6. The Morgan fingerprint density at radius 3 is 2.34 bits per heavy atom. The summed E-state index contributed by atoms with van der Waals surface area (Å²) in [6.07, 6.45) is -0.203. The van der Waals surface area contributed by atoms with Gasteiger partial charge in [0.25, 0.3) is 5.91 Å². The number of halogens is 1. The summed E-state index contributed by atoms with van der Waals surface area (Å²) in [5.41, 5.74) is 0.713. The highest BCUT2D eigenvalue weighted by molar-refractivity contribution is 6.07. The van der Waals surface area contributed by atoms with Crippen LogP contribution in [0.15, 0.2) is 72.8 Å². The second-order valence-electron chi connectivity index (χ2n) is 6.52. The molecule has 0 bridgehead atoms. The quantitative estimate of drug-likeness (QED) is 0.468. The lowest BCUT2D eigenvalue weighted by Crippen LogP contribution is -2.18. The van der Waals surface area contributed by atoms with Crippen molar-refractivity contribution < 1.29 is 23.5 Å². The zero-order chi connectivity index (χ0) is 20.8. The predicted molar refractivity (Wildman–Crippen MR) is 108 cm³/mol. The summed E-state index contributed by atoms with van der Waals surface area (Å²) >= 11 is 0. The molecular weight excluding hydrogens is 373 g/mol. The maximum absolute atomic E-state index is 13.4. The number of carbonyl (C=O) groups excluding carboxylic acids is 2. The Balaban J connectivity index is 1.95. The Bertz CT molecular complexity index is 1020. The number of esters is 1. The molecule has 3 aromatic carbocycles. The second-order valence-corrected chi connectivity index (χ2v) is 6.52. The highest BCUT2D eigenvalue weighted by Crippen LogP contribution is 2.33. The maximum Gasteiger partial charge on any atom is 0.343 e. The van der Waals surface area contributed by atoms with Gasteiger partial charge in [0, 0.05) is 5.69 Å². The Morgan fingerprint density at radius 2 is 1.66 bits per heavy atom. The molecule has 29 heavy (non-hydrogen) atoms. The largest absolute Gasteiger partial charge is 0.487 e. The first-order valence-electron chi connectivity index (χ1n) is 9.08. The molecular formula is C23H20FNO4. The van der Waals surface area contributed by atoms with Gasteiger partial charge in [-0.05, 0) is 56.3 Å². The number of anilines is 1. The standard InChI is InChI=1S/C23H20FNO4/c1-15(2)28-20-13-7-12-19(22(26)25-18-11-6-10-17(24)14-18)21(20)29-23(27)16-8-4-3-5-9-16/h3-15H,1-2H3,(H,25,26). The monoisotopic (exact) mass is 393 g/mol. The number of hydrogen-bond acceptors (Lipinski definition) is 4. The SMILES string of the molecule is CC(C)Oc1cccc(C(=O)Nc2cccc(F)c2)c1OC(=O)c1ccccc1. The third-order valence-corrected chi connectivity index (χ3v) is 3.87. The van der Waals surface area contributed by atoms with Crippen molar-refractivity contribution in [2.75, 3.05) is 5.32 Å². The van der Waals surface area contributed by atoms with Crippen LogP contribution in [-0.2, 0) is 0 Å². The molecule has 0 heterocycles. The van der Waals surface area contributed by atoms with E-state index >= 15 is 0 Å². The van der Waals surface area contributed by atoms with Crippen LogP contribution >= 0.6 is 0 Å². The van der Waals surface area contributed by atoms with Crippen molar-refractivity contribution in [3.8, 4) is 11.5 Å². The van der Waals surface area contributed by atoms with Crippen molar-refractivity contribution in [3.63, 3.8) is 0 Å². The van der Waals surface area contributed by atoms with Crippen molar-refractivity contribution in [2.24, 2.45) is 0 Å². The predicted octanol–water partition coefficient (Wildman–Crippen LogP) is 5.08. The first-order valence-corrected chi connectivity index (χ1v) is 9.08. The lowest BCUT2D eigenvalue weighted by atomic mass is 10.1. The van der Waals surface area contributed by atoms with Gasteiger partial charge < -0.3 is 14.8 Å². The van der Waals surface area contributed by atoms with E-state index in [-0.39, 0.29) is 28.9 Å². The first kappa shape index (κ1) is 20.1. The molecule has 0 radical (unpaired) electrons. The van der Waals surface area contributed by atoms with Crippen LogP contribution in [0.3, 0.4) is 0 Å². The number of amides is 1. The molecule has 0 atom stereocenters. The molecule has 1 N–H and O–H groups in total. The number of benzene rings is 3. The Kier molecular flexibility index (Phi) is 6.24. The second kappa shape index (κ2) is 9.01. The summed E-state index contributed by atoms with van der Waals surface area (Å²) in [6.45, 7) is 3.64. The van der Waals surface area contributed by atoms with Crippen molar-refractivity contribution in [1.82, 2.24) is 0 Å². The average Bonchev–Trinajstić information content (AvgIpc) is 2.69. The summed E-state index contributed by atoms with van der Waals surface area (Å²) in [5.74, 6) is -1.39. The fourth-order valence-corrected chi connectivity index (χ4v) is 2.64. The van der Waals surface area contributed by atoms with Crippen LogP contribution in [0, 0.1) is 5.82 Å². The minimum atomic E-state index is -0.620. The van der Waals surface area contributed by atoms with E-state index in [9.17, 15) is 14.0 Å². The van der Waals surface area contributed by atoms with Crippen LogP contribution in [-0.4, -0.2) is 18.0 Å². The summed E-state index contributed by atoms with van der Waals surface area (Å²) in [6, 6.07) is 18.7. The van der Waals surface area contributed by atoms with Gasteiger partial charge in [-0.2, -0.15) is 0 Å². The normalized spacial score (nSPS) is 10.5. The van der Waals surface area contributed by atoms with Crippen molar-refractivity contribution >= 4 is 17.6 Å². The fraction of sp³-hybridized carbons (Fsp3) is 0.130. The van der Waals surface area contributed by atoms with Gasteiger partial charge in [0.2, 0.25) is 0 Å². The van der Waals surface area contributed by atoms with E-state index in [0.29, 0.717) is 5.56 Å². The van der Waals surface area contributed by atoms with Gasteiger partial charge in [-0.15, -0.1) is 0 Å². The average molecular weight is 393 g/mol.